The Kier molecular flexibility index (Phi) is 6.35. The van der Waals surface area contributed by atoms with Gasteiger partial charge in [0.15, 0.2) is 5.13 Å². The molecule has 3 rings (SSSR count). The van der Waals surface area contributed by atoms with E-state index in [0.29, 0.717) is 16.6 Å². The second-order valence-electron chi connectivity index (χ2n) is 6.37. The lowest BCUT2D eigenvalue weighted by atomic mass is 9.84. The lowest BCUT2D eigenvalue weighted by Crippen LogP contribution is -2.26. The van der Waals surface area contributed by atoms with Gasteiger partial charge < -0.3 is 15.4 Å². The van der Waals surface area contributed by atoms with E-state index in [-0.39, 0.29) is 17.7 Å². The number of hydrogen-bond acceptors (Lipinski definition) is 5. The van der Waals surface area contributed by atoms with E-state index in [4.69, 9.17) is 4.74 Å². The Labute approximate surface area is 157 Å². The monoisotopic (exact) mass is 373 g/mol. The van der Waals surface area contributed by atoms with E-state index in [9.17, 15) is 9.59 Å². The van der Waals surface area contributed by atoms with E-state index < -0.39 is 0 Å². The number of aromatic nitrogens is 1. The van der Waals surface area contributed by atoms with E-state index in [2.05, 4.69) is 15.6 Å². The normalized spacial score (nSPS) is 16.0. The third kappa shape index (κ3) is 4.68. The third-order valence-electron chi connectivity index (χ3n) is 4.69. The minimum absolute atomic E-state index is 0.0564. The molecule has 1 atom stereocenters. The molecule has 1 fully saturated rings. The molecule has 1 aromatic heterocycles. The SMILES string of the molecule is CNC(=O)c1ccc(C(CC2CCOCC2)C(=O)Nc2nccs2)cc1. The highest BCUT2D eigenvalue weighted by Gasteiger charge is 2.26. The second kappa shape index (κ2) is 8.91. The van der Waals surface area contributed by atoms with Crippen molar-refractivity contribution in [3.8, 4) is 0 Å². The minimum Gasteiger partial charge on any atom is -0.381 e. The number of hydrogen-bond donors (Lipinski definition) is 2. The smallest absolute Gasteiger partial charge is 0.251 e. The van der Waals surface area contributed by atoms with Gasteiger partial charge in [-0.15, -0.1) is 11.3 Å². The molecule has 0 saturated carbocycles. The van der Waals surface area contributed by atoms with Crippen LogP contribution in [0.5, 0.6) is 0 Å². The largest absolute Gasteiger partial charge is 0.381 e. The summed E-state index contributed by atoms with van der Waals surface area (Å²) in [5.74, 6) is -0.0148. The summed E-state index contributed by atoms with van der Waals surface area (Å²) in [5.41, 5.74) is 1.50. The molecule has 2 aromatic rings. The van der Waals surface area contributed by atoms with Crippen LogP contribution in [0.3, 0.4) is 0 Å². The summed E-state index contributed by atoms with van der Waals surface area (Å²) in [6.07, 6.45) is 4.38. The fourth-order valence-corrected chi connectivity index (χ4v) is 3.73. The molecule has 0 spiro atoms. The highest BCUT2D eigenvalue weighted by atomic mass is 32.1. The van der Waals surface area contributed by atoms with Crippen molar-refractivity contribution >= 4 is 28.3 Å². The van der Waals surface area contributed by atoms with Gasteiger partial charge in [0.1, 0.15) is 0 Å². The van der Waals surface area contributed by atoms with Crippen molar-refractivity contribution in [3.63, 3.8) is 0 Å². The molecule has 0 aliphatic carbocycles. The first-order chi connectivity index (χ1) is 12.7. The molecule has 7 heteroatoms. The summed E-state index contributed by atoms with van der Waals surface area (Å²) in [6.45, 7) is 1.50. The summed E-state index contributed by atoms with van der Waals surface area (Å²) in [5, 5.41) is 7.97. The molecule has 1 unspecified atom stereocenters. The predicted molar refractivity (Wildman–Crippen MR) is 101 cm³/mol. The Morgan fingerprint density at radius 2 is 2.00 bits per heavy atom. The summed E-state index contributed by atoms with van der Waals surface area (Å²) in [4.78, 5) is 28.8. The van der Waals surface area contributed by atoms with Crippen LogP contribution in [0.4, 0.5) is 5.13 Å². The lowest BCUT2D eigenvalue weighted by Gasteiger charge is -2.26. The number of nitrogens with one attached hydrogen (secondary N) is 2. The maximum atomic E-state index is 12.9. The van der Waals surface area contributed by atoms with Crippen LogP contribution in [0.25, 0.3) is 0 Å². The fourth-order valence-electron chi connectivity index (χ4n) is 3.20. The summed E-state index contributed by atoms with van der Waals surface area (Å²) >= 11 is 1.40. The van der Waals surface area contributed by atoms with Gasteiger partial charge in [-0.1, -0.05) is 12.1 Å². The molecule has 0 bridgehead atoms. The number of ether oxygens (including phenoxy) is 1. The van der Waals surface area contributed by atoms with E-state index in [1.165, 1.54) is 11.3 Å². The molecule has 1 aliphatic heterocycles. The van der Waals surface area contributed by atoms with Gasteiger partial charge in [0.05, 0.1) is 5.92 Å². The highest BCUT2D eigenvalue weighted by Crippen LogP contribution is 2.31. The van der Waals surface area contributed by atoms with Gasteiger partial charge in [-0.05, 0) is 42.9 Å². The minimum atomic E-state index is -0.277. The number of benzene rings is 1. The Hall–Kier alpha value is -2.25. The maximum absolute atomic E-state index is 12.9. The van der Waals surface area contributed by atoms with E-state index in [1.807, 2.05) is 17.5 Å². The van der Waals surface area contributed by atoms with Crippen LogP contribution in [-0.2, 0) is 9.53 Å². The standard InChI is InChI=1S/C19H23N3O3S/c1-20-17(23)15-4-2-14(3-5-15)16(12-13-6-9-25-10-7-13)18(24)22-19-21-8-11-26-19/h2-5,8,11,13,16H,6-7,9-10,12H2,1H3,(H,20,23)(H,21,22,24). The Morgan fingerprint density at radius 3 is 2.62 bits per heavy atom. The number of carbonyl (C=O) groups excluding carboxylic acids is 2. The zero-order valence-electron chi connectivity index (χ0n) is 14.7. The zero-order valence-corrected chi connectivity index (χ0v) is 15.6. The van der Waals surface area contributed by atoms with Gasteiger partial charge in [0, 0.05) is 37.4 Å². The second-order valence-corrected chi connectivity index (χ2v) is 7.27. The molecule has 2 heterocycles. The highest BCUT2D eigenvalue weighted by molar-refractivity contribution is 7.13. The van der Waals surface area contributed by atoms with E-state index in [1.54, 1.807) is 25.4 Å². The molecule has 1 saturated heterocycles. The van der Waals surface area contributed by atoms with Crippen molar-refractivity contribution in [2.24, 2.45) is 5.92 Å². The molecule has 26 heavy (non-hydrogen) atoms. The predicted octanol–water partition coefficient (Wildman–Crippen LogP) is 3.04. The summed E-state index contributed by atoms with van der Waals surface area (Å²) < 4.78 is 5.43. The van der Waals surface area contributed by atoms with Crippen molar-refractivity contribution < 1.29 is 14.3 Å². The van der Waals surface area contributed by atoms with Gasteiger partial charge in [-0.2, -0.15) is 0 Å². The number of anilines is 1. The molecule has 1 aliphatic rings. The van der Waals surface area contributed by atoms with Gasteiger partial charge in [-0.3, -0.25) is 9.59 Å². The van der Waals surface area contributed by atoms with Gasteiger partial charge in [0.2, 0.25) is 5.91 Å². The van der Waals surface area contributed by atoms with Crippen LogP contribution in [0.15, 0.2) is 35.8 Å². The van der Waals surface area contributed by atoms with Crippen molar-refractivity contribution in [2.45, 2.75) is 25.2 Å². The van der Waals surface area contributed by atoms with Crippen LogP contribution in [0, 0.1) is 5.92 Å². The molecule has 1 aromatic carbocycles. The van der Waals surface area contributed by atoms with Crippen LogP contribution < -0.4 is 10.6 Å². The van der Waals surface area contributed by atoms with E-state index in [0.717, 1.165) is 38.0 Å². The number of amides is 2. The summed E-state index contributed by atoms with van der Waals surface area (Å²) in [6, 6.07) is 7.27. The van der Waals surface area contributed by atoms with Crippen LogP contribution in [-0.4, -0.2) is 37.1 Å². The third-order valence-corrected chi connectivity index (χ3v) is 5.38. The quantitative estimate of drug-likeness (QED) is 0.816. The fraction of sp³-hybridized carbons (Fsp3) is 0.421. The van der Waals surface area contributed by atoms with Crippen molar-refractivity contribution in [1.29, 1.82) is 0 Å². The molecular formula is C19H23N3O3S. The van der Waals surface area contributed by atoms with Crippen molar-refractivity contribution in [3.05, 3.63) is 47.0 Å². The first-order valence-electron chi connectivity index (χ1n) is 8.77. The summed E-state index contributed by atoms with van der Waals surface area (Å²) in [7, 11) is 1.60. The molecular weight excluding hydrogens is 350 g/mol. The van der Waals surface area contributed by atoms with Gasteiger partial charge in [-0.25, -0.2) is 4.98 Å². The Bertz CT molecular complexity index is 725. The number of thiazole rings is 1. The Morgan fingerprint density at radius 1 is 1.27 bits per heavy atom. The lowest BCUT2D eigenvalue weighted by molar-refractivity contribution is -0.118. The van der Waals surface area contributed by atoms with Crippen molar-refractivity contribution in [1.82, 2.24) is 10.3 Å². The first kappa shape index (κ1) is 18.5. The van der Waals surface area contributed by atoms with Gasteiger partial charge >= 0.3 is 0 Å². The Balaban J connectivity index is 1.78. The average molecular weight is 373 g/mol. The topological polar surface area (TPSA) is 80.3 Å². The van der Waals surface area contributed by atoms with Crippen LogP contribution in [0.2, 0.25) is 0 Å². The number of carbonyl (C=O) groups is 2. The molecule has 138 valence electrons. The molecule has 2 amide bonds. The zero-order chi connectivity index (χ0) is 18.4. The van der Waals surface area contributed by atoms with Gasteiger partial charge in [0.25, 0.3) is 5.91 Å². The molecule has 0 radical (unpaired) electrons. The maximum Gasteiger partial charge on any atom is 0.251 e. The van der Waals surface area contributed by atoms with Crippen LogP contribution >= 0.6 is 11.3 Å². The number of nitrogens with zero attached hydrogens (tertiary/aromatic N) is 1. The number of rotatable bonds is 6. The average Bonchev–Trinajstić information content (AvgIpc) is 3.19. The van der Waals surface area contributed by atoms with Crippen molar-refractivity contribution in [2.75, 3.05) is 25.6 Å². The molecule has 2 N–H and O–H groups in total. The van der Waals surface area contributed by atoms with Crippen LogP contribution in [0.1, 0.15) is 41.1 Å². The first-order valence-corrected chi connectivity index (χ1v) is 9.65. The molecule has 6 nitrogen and oxygen atoms in total. The van der Waals surface area contributed by atoms with E-state index >= 15 is 0 Å².